The van der Waals surface area contributed by atoms with Gasteiger partial charge in [0.05, 0.1) is 12.0 Å². The molecule has 0 amide bonds. The molecule has 142 valence electrons. The van der Waals surface area contributed by atoms with Crippen LogP contribution in [0.3, 0.4) is 0 Å². The summed E-state index contributed by atoms with van der Waals surface area (Å²) in [5.41, 5.74) is 2.34. The minimum Gasteiger partial charge on any atom is -0.493 e. The summed E-state index contributed by atoms with van der Waals surface area (Å²) in [6.07, 6.45) is 2.13. The molecule has 0 heterocycles. The molecule has 2 aromatic carbocycles. The zero-order valence-electron chi connectivity index (χ0n) is 15.0. The van der Waals surface area contributed by atoms with Crippen molar-refractivity contribution in [3.8, 4) is 17.2 Å². The van der Waals surface area contributed by atoms with Gasteiger partial charge in [-0.05, 0) is 54.8 Å². The van der Waals surface area contributed by atoms with Crippen molar-refractivity contribution in [2.45, 2.75) is 13.8 Å². The maximum atomic E-state index is 12.1. The molecule has 0 bridgehead atoms. The zero-order chi connectivity index (χ0) is 20.0. The molecule has 0 unspecified atom stereocenters. The van der Waals surface area contributed by atoms with E-state index in [0.717, 1.165) is 21.8 Å². The van der Waals surface area contributed by atoms with E-state index in [1.54, 1.807) is 6.07 Å². The highest BCUT2D eigenvalue weighted by molar-refractivity contribution is 9.10. The Morgan fingerprint density at radius 3 is 2.44 bits per heavy atom. The Morgan fingerprint density at radius 1 is 1.19 bits per heavy atom. The highest BCUT2D eigenvalue weighted by Crippen LogP contribution is 2.30. The van der Waals surface area contributed by atoms with E-state index in [4.69, 9.17) is 14.2 Å². The summed E-state index contributed by atoms with van der Waals surface area (Å²) in [4.78, 5) is 22.0. The number of hydrogen-bond donors (Lipinski definition) is 0. The highest BCUT2D eigenvalue weighted by Gasteiger charge is 2.13. The Labute approximate surface area is 164 Å². The summed E-state index contributed by atoms with van der Waals surface area (Å²) in [5, 5.41) is 10.4. The second-order valence-electron chi connectivity index (χ2n) is 5.64. The van der Waals surface area contributed by atoms with Gasteiger partial charge in [-0.2, -0.15) is 0 Å². The SMILES string of the molecule is COc1cc(/C=C/[N+](=O)[O-])ccc1OC(=O)COc1c(C)cc(Br)cc1C. The molecule has 0 fully saturated rings. The second-order valence-corrected chi connectivity index (χ2v) is 6.56. The molecule has 2 aromatic rings. The second kappa shape index (κ2) is 9.18. The predicted octanol–water partition coefficient (Wildman–Crippen LogP) is 4.31. The van der Waals surface area contributed by atoms with Gasteiger partial charge < -0.3 is 14.2 Å². The van der Waals surface area contributed by atoms with Gasteiger partial charge >= 0.3 is 5.97 Å². The monoisotopic (exact) mass is 435 g/mol. The normalized spacial score (nSPS) is 10.7. The summed E-state index contributed by atoms with van der Waals surface area (Å²) in [5.74, 6) is 0.518. The van der Waals surface area contributed by atoms with E-state index in [1.165, 1.54) is 25.3 Å². The maximum absolute atomic E-state index is 12.1. The van der Waals surface area contributed by atoms with E-state index >= 15 is 0 Å². The van der Waals surface area contributed by atoms with Crippen molar-refractivity contribution >= 4 is 28.0 Å². The molecule has 0 radical (unpaired) electrons. The van der Waals surface area contributed by atoms with E-state index in [1.807, 2.05) is 26.0 Å². The molecule has 0 aromatic heterocycles. The summed E-state index contributed by atoms with van der Waals surface area (Å²) in [6, 6.07) is 8.41. The Hall–Kier alpha value is -2.87. The van der Waals surface area contributed by atoms with Gasteiger partial charge in [0.2, 0.25) is 6.20 Å². The molecule has 27 heavy (non-hydrogen) atoms. The summed E-state index contributed by atoms with van der Waals surface area (Å²) in [7, 11) is 1.42. The van der Waals surface area contributed by atoms with Crippen molar-refractivity contribution < 1.29 is 23.9 Å². The number of halogens is 1. The topological polar surface area (TPSA) is 87.9 Å². The number of hydrogen-bond acceptors (Lipinski definition) is 6. The first-order valence-corrected chi connectivity index (χ1v) is 8.69. The molecule has 0 saturated heterocycles. The number of carbonyl (C=O) groups excluding carboxylic acids is 1. The lowest BCUT2D eigenvalue weighted by atomic mass is 10.1. The number of esters is 1. The predicted molar refractivity (Wildman–Crippen MR) is 104 cm³/mol. The van der Waals surface area contributed by atoms with Crippen molar-refractivity contribution in [1.82, 2.24) is 0 Å². The fraction of sp³-hybridized carbons (Fsp3) is 0.211. The molecular formula is C19H18BrNO6. The lowest BCUT2D eigenvalue weighted by molar-refractivity contribution is -0.400. The third kappa shape index (κ3) is 5.82. The first kappa shape index (κ1) is 20.4. The molecule has 0 aliphatic carbocycles. The average Bonchev–Trinajstić information content (AvgIpc) is 2.59. The summed E-state index contributed by atoms with van der Waals surface area (Å²) < 4.78 is 17.0. The van der Waals surface area contributed by atoms with Crippen LogP contribution in [-0.4, -0.2) is 24.6 Å². The van der Waals surface area contributed by atoms with Crippen LogP contribution in [0.1, 0.15) is 16.7 Å². The quantitative estimate of drug-likeness (QED) is 0.278. The molecule has 0 spiro atoms. The van der Waals surface area contributed by atoms with Crippen molar-refractivity contribution in [3.63, 3.8) is 0 Å². The zero-order valence-corrected chi connectivity index (χ0v) is 16.6. The van der Waals surface area contributed by atoms with Crippen molar-refractivity contribution in [2.75, 3.05) is 13.7 Å². The Kier molecular flexibility index (Phi) is 6.95. The number of nitrogens with zero attached hydrogens (tertiary/aromatic N) is 1. The number of ether oxygens (including phenoxy) is 3. The number of nitro groups is 1. The molecular weight excluding hydrogens is 418 g/mol. The largest absolute Gasteiger partial charge is 0.493 e. The van der Waals surface area contributed by atoms with E-state index in [0.29, 0.717) is 11.3 Å². The van der Waals surface area contributed by atoms with E-state index in [-0.39, 0.29) is 18.1 Å². The maximum Gasteiger partial charge on any atom is 0.349 e. The first-order valence-electron chi connectivity index (χ1n) is 7.90. The molecule has 8 heteroatoms. The Balaban J connectivity index is 2.06. The molecule has 2 rings (SSSR count). The number of rotatable bonds is 7. The standard InChI is InChI=1S/C19H18BrNO6/c1-12-8-15(20)9-13(2)19(12)26-11-18(22)27-16-5-4-14(6-7-21(23)24)10-17(16)25-3/h4-10H,11H2,1-3H3/b7-6+. The summed E-state index contributed by atoms with van der Waals surface area (Å²) >= 11 is 3.41. The van der Waals surface area contributed by atoms with Crippen molar-refractivity contribution in [1.29, 1.82) is 0 Å². The van der Waals surface area contributed by atoms with E-state index in [9.17, 15) is 14.9 Å². The fourth-order valence-electron chi connectivity index (χ4n) is 2.43. The third-order valence-electron chi connectivity index (χ3n) is 3.56. The molecule has 0 saturated carbocycles. The number of carbonyl (C=O) groups is 1. The molecule has 0 aliphatic rings. The lowest BCUT2D eigenvalue weighted by Crippen LogP contribution is -2.18. The van der Waals surface area contributed by atoms with Crippen molar-refractivity contribution in [3.05, 3.63) is 67.8 Å². The van der Waals surface area contributed by atoms with Crippen molar-refractivity contribution in [2.24, 2.45) is 0 Å². The van der Waals surface area contributed by atoms with Gasteiger partial charge in [-0.25, -0.2) is 4.79 Å². The van der Waals surface area contributed by atoms with Crippen LogP contribution in [0, 0.1) is 24.0 Å². The molecule has 7 nitrogen and oxygen atoms in total. The smallest absolute Gasteiger partial charge is 0.349 e. The summed E-state index contributed by atoms with van der Waals surface area (Å²) in [6.45, 7) is 3.51. The van der Waals surface area contributed by atoms with Gasteiger partial charge in [0.1, 0.15) is 5.75 Å². The van der Waals surface area contributed by atoms with Crippen LogP contribution in [0.2, 0.25) is 0 Å². The Bertz CT molecular complexity index is 871. The van der Waals surface area contributed by atoms with Crippen LogP contribution < -0.4 is 14.2 Å². The molecule has 0 N–H and O–H groups in total. The van der Waals surface area contributed by atoms with Crippen LogP contribution in [-0.2, 0) is 4.79 Å². The van der Waals surface area contributed by atoms with Crippen LogP contribution in [0.15, 0.2) is 41.0 Å². The molecule has 0 atom stereocenters. The van der Waals surface area contributed by atoms with E-state index in [2.05, 4.69) is 15.9 Å². The van der Waals surface area contributed by atoms with Crippen LogP contribution in [0.25, 0.3) is 6.08 Å². The number of aryl methyl sites for hydroxylation is 2. The molecule has 0 aliphatic heterocycles. The minimum atomic E-state index is -0.594. The first-order chi connectivity index (χ1) is 12.8. The van der Waals surface area contributed by atoms with Gasteiger partial charge in [0, 0.05) is 10.5 Å². The number of methoxy groups -OCH3 is 1. The minimum absolute atomic E-state index is 0.202. The van der Waals surface area contributed by atoms with Gasteiger partial charge in [0.15, 0.2) is 18.1 Å². The Morgan fingerprint density at radius 2 is 1.85 bits per heavy atom. The fourth-order valence-corrected chi connectivity index (χ4v) is 3.11. The van der Waals surface area contributed by atoms with Gasteiger partial charge in [-0.3, -0.25) is 10.1 Å². The van der Waals surface area contributed by atoms with Gasteiger partial charge in [0.25, 0.3) is 0 Å². The number of benzene rings is 2. The van der Waals surface area contributed by atoms with E-state index < -0.39 is 10.9 Å². The highest BCUT2D eigenvalue weighted by atomic mass is 79.9. The van der Waals surface area contributed by atoms with Crippen LogP contribution in [0.4, 0.5) is 0 Å². The van der Waals surface area contributed by atoms with Crippen LogP contribution >= 0.6 is 15.9 Å². The average molecular weight is 436 g/mol. The van der Waals surface area contributed by atoms with Gasteiger partial charge in [-0.1, -0.05) is 22.0 Å². The third-order valence-corrected chi connectivity index (χ3v) is 4.02. The van der Waals surface area contributed by atoms with Crippen LogP contribution in [0.5, 0.6) is 17.2 Å². The van der Waals surface area contributed by atoms with Gasteiger partial charge in [-0.15, -0.1) is 0 Å². The lowest BCUT2D eigenvalue weighted by Gasteiger charge is -2.13.